The first-order chi connectivity index (χ1) is 9.13. The number of hydrogen-bond acceptors (Lipinski definition) is 1. The number of hydrogen-bond donors (Lipinski definition) is 1. The summed E-state index contributed by atoms with van der Waals surface area (Å²) in [4.78, 5) is 14.2. The largest absolute Gasteiger partial charge is 0.322 e. The first kappa shape index (κ1) is 11.6. The van der Waals surface area contributed by atoms with Gasteiger partial charge in [0.25, 0.3) is 0 Å². The van der Waals surface area contributed by atoms with Crippen LogP contribution in [0.1, 0.15) is 0 Å². The lowest BCUT2D eigenvalue weighted by Crippen LogP contribution is -2.05. The van der Waals surface area contributed by atoms with Crippen LogP contribution in [0.15, 0.2) is 53.3 Å². The molecule has 19 heavy (non-hydrogen) atoms. The molecule has 2 aromatic carbocycles. The number of halogens is 2. The molecule has 1 aromatic heterocycles. The summed E-state index contributed by atoms with van der Waals surface area (Å²) in [6, 6.07) is 11.4. The van der Waals surface area contributed by atoms with Gasteiger partial charge in [-0.2, -0.15) is 0 Å². The molecule has 0 spiro atoms. The van der Waals surface area contributed by atoms with Gasteiger partial charge in [-0.15, -0.1) is 0 Å². The Balaban J connectivity index is 2.34. The first-order valence-electron chi connectivity index (χ1n) is 5.72. The van der Waals surface area contributed by atoms with E-state index in [9.17, 15) is 13.6 Å². The number of nitrogens with one attached hydrogen (secondary N) is 1. The Bertz CT molecular complexity index is 806. The summed E-state index contributed by atoms with van der Waals surface area (Å²) in [6.45, 7) is 0. The Labute approximate surface area is 107 Å². The standard InChI is InChI=1S/C15H9F2NO/c16-10-3-1-9(2-4-10)13-8-15(19)18-14-7-11(17)5-6-12(13)14/h1-8H,(H,18,19). The van der Waals surface area contributed by atoms with Crippen molar-refractivity contribution < 1.29 is 8.78 Å². The van der Waals surface area contributed by atoms with E-state index in [0.717, 1.165) is 0 Å². The van der Waals surface area contributed by atoms with Crippen molar-refractivity contribution in [1.29, 1.82) is 0 Å². The maximum atomic E-state index is 13.2. The second kappa shape index (κ2) is 4.31. The van der Waals surface area contributed by atoms with Gasteiger partial charge in [-0.25, -0.2) is 8.78 Å². The van der Waals surface area contributed by atoms with Crippen molar-refractivity contribution in [3.63, 3.8) is 0 Å². The molecule has 0 fully saturated rings. The summed E-state index contributed by atoms with van der Waals surface area (Å²) in [6.07, 6.45) is 0. The van der Waals surface area contributed by atoms with Gasteiger partial charge in [0.2, 0.25) is 5.56 Å². The van der Waals surface area contributed by atoms with Gasteiger partial charge in [0, 0.05) is 11.5 Å². The number of aromatic amines is 1. The molecule has 0 amide bonds. The highest BCUT2D eigenvalue weighted by Crippen LogP contribution is 2.26. The van der Waals surface area contributed by atoms with Gasteiger partial charge in [-0.1, -0.05) is 12.1 Å². The van der Waals surface area contributed by atoms with Gasteiger partial charge in [0.15, 0.2) is 0 Å². The van der Waals surface area contributed by atoms with Crippen LogP contribution in [0.25, 0.3) is 22.0 Å². The number of pyridine rings is 1. The smallest absolute Gasteiger partial charge is 0.249 e. The maximum Gasteiger partial charge on any atom is 0.249 e. The predicted molar refractivity (Wildman–Crippen MR) is 69.9 cm³/mol. The second-order valence-corrected chi connectivity index (χ2v) is 4.24. The Morgan fingerprint density at radius 3 is 2.26 bits per heavy atom. The summed E-state index contributed by atoms with van der Waals surface area (Å²) in [5.74, 6) is -0.761. The SMILES string of the molecule is O=c1cc(-c2ccc(F)cc2)c2ccc(F)cc2[nH]1. The van der Waals surface area contributed by atoms with Crippen LogP contribution in [-0.2, 0) is 0 Å². The van der Waals surface area contributed by atoms with Crippen LogP contribution in [0.5, 0.6) is 0 Å². The summed E-state index contributed by atoms with van der Waals surface area (Å²) in [5.41, 5.74) is 1.46. The quantitative estimate of drug-likeness (QED) is 0.711. The minimum atomic E-state index is -0.417. The molecule has 0 radical (unpaired) electrons. The molecule has 1 heterocycles. The van der Waals surface area contributed by atoms with Gasteiger partial charge in [-0.3, -0.25) is 4.79 Å². The van der Waals surface area contributed by atoms with Crippen molar-refractivity contribution in [2.45, 2.75) is 0 Å². The lowest BCUT2D eigenvalue weighted by Gasteiger charge is -2.06. The molecule has 1 N–H and O–H groups in total. The molecule has 0 bridgehead atoms. The predicted octanol–water partition coefficient (Wildman–Crippen LogP) is 3.47. The van der Waals surface area contributed by atoms with Gasteiger partial charge in [0.05, 0.1) is 5.52 Å². The van der Waals surface area contributed by atoms with Crippen LogP contribution in [0.2, 0.25) is 0 Å². The van der Waals surface area contributed by atoms with Gasteiger partial charge < -0.3 is 4.98 Å². The van der Waals surface area contributed by atoms with Crippen molar-refractivity contribution in [3.8, 4) is 11.1 Å². The minimum absolute atomic E-state index is 0.322. The van der Waals surface area contributed by atoms with E-state index in [0.29, 0.717) is 22.0 Å². The van der Waals surface area contributed by atoms with Crippen LogP contribution in [-0.4, -0.2) is 4.98 Å². The van der Waals surface area contributed by atoms with Crippen LogP contribution < -0.4 is 5.56 Å². The fourth-order valence-electron chi connectivity index (χ4n) is 2.10. The molecule has 4 heteroatoms. The fraction of sp³-hybridized carbons (Fsp3) is 0. The maximum absolute atomic E-state index is 13.2. The molecule has 0 saturated carbocycles. The van der Waals surface area contributed by atoms with E-state index in [4.69, 9.17) is 0 Å². The Hall–Kier alpha value is -2.49. The number of fused-ring (bicyclic) bond motifs is 1. The zero-order valence-corrected chi connectivity index (χ0v) is 9.78. The highest BCUT2D eigenvalue weighted by Gasteiger charge is 2.07. The number of aromatic nitrogens is 1. The topological polar surface area (TPSA) is 32.9 Å². The zero-order chi connectivity index (χ0) is 13.4. The van der Waals surface area contributed by atoms with E-state index in [1.807, 2.05) is 0 Å². The molecule has 2 nitrogen and oxygen atoms in total. The van der Waals surface area contributed by atoms with E-state index in [1.165, 1.54) is 30.3 Å². The molecule has 0 saturated heterocycles. The zero-order valence-electron chi connectivity index (χ0n) is 9.78. The molecule has 0 unspecified atom stereocenters. The van der Waals surface area contributed by atoms with Crippen molar-refractivity contribution in [1.82, 2.24) is 4.98 Å². The molecular formula is C15H9F2NO. The molecule has 0 aliphatic rings. The average Bonchev–Trinajstić information content (AvgIpc) is 2.38. The van der Waals surface area contributed by atoms with E-state index in [-0.39, 0.29) is 11.4 Å². The summed E-state index contributed by atoms with van der Waals surface area (Å²) < 4.78 is 26.1. The van der Waals surface area contributed by atoms with E-state index in [2.05, 4.69) is 4.98 Å². The average molecular weight is 257 g/mol. The molecule has 3 rings (SSSR count). The molecule has 0 aliphatic carbocycles. The lowest BCUT2D eigenvalue weighted by atomic mass is 10.0. The van der Waals surface area contributed by atoms with Crippen LogP contribution >= 0.6 is 0 Å². The molecule has 0 aliphatic heterocycles. The highest BCUT2D eigenvalue weighted by atomic mass is 19.1. The Morgan fingerprint density at radius 1 is 0.842 bits per heavy atom. The Kier molecular flexibility index (Phi) is 2.63. The normalized spacial score (nSPS) is 10.8. The monoisotopic (exact) mass is 257 g/mol. The first-order valence-corrected chi connectivity index (χ1v) is 5.72. The van der Waals surface area contributed by atoms with Crippen LogP contribution in [0, 0.1) is 11.6 Å². The third-order valence-electron chi connectivity index (χ3n) is 2.96. The van der Waals surface area contributed by atoms with Crippen molar-refractivity contribution >= 4 is 10.9 Å². The lowest BCUT2D eigenvalue weighted by molar-refractivity contribution is 0.628. The molecule has 3 aromatic rings. The molecule has 0 atom stereocenters. The highest BCUT2D eigenvalue weighted by molar-refractivity contribution is 5.94. The number of rotatable bonds is 1. The van der Waals surface area contributed by atoms with Crippen LogP contribution in [0.3, 0.4) is 0 Å². The van der Waals surface area contributed by atoms with Crippen molar-refractivity contribution in [2.75, 3.05) is 0 Å². The fourth-order valence-corrected chi connectivity index (χ4v) is 2.10. The summed E-state index contributed by atoms with van der Waals surface area (Å²) in [5, 5.41) is 0.715. The van der Waals surface area contributed by atoms with Crippen molar-refractivity contribution in [3.05, 3.63) is 70.5 Å². The van der Waals surface area contributed by atoms with E-state index in [1.54, 1.807) is 18.2 Å². The third-order valence-corrected chi connectivity index (χ3v) is 2.96. The Morgan fingerprint density at radius 2 is 1.53 bits per heavy atom. The molecule has 94 valence electrons. The van der Waals surface area contributed by atoms with Gasteiger partial charge >= 0.3 is 0 Å². The minimum Gasteiger partial charge on any atom is -0.322 e. The van der Waals surface area contributed by atoms with Gasteiger partial charge in [-0.05, 0) is 41.5 Å². The molecular weight excluding hydrogens is 248 g/mol. The summed E-state index contributed by atoms with van der Waals surface area (Å²) >= 11 is 0. The summed E-state index contributed by atoms with van der Waals surface area (Å²) in [7, 11) is 0. The van der Waals surface area contributed by atoms with E-state index < -0.39 is 5.82 Å². The van der Waals surface area contributed by atoms with Crippen LogP contribution in [0.4, 0.5) is 8.78 Å². The number of H-pyrrole nitrogens is 1. The van der Waals surface area contributed by atoms with Gasteiger partial charge in [0.1, 0.15) is 11.6 Å². The van der Waals surface area contributed by atoms with E-state index >= 15 is 0 Å². The third kappa shape index (κ3) is 2.12. The number of benzene rings is 2. The second-order valence-electron chi connectivity index (χ2n) is 4.24. The van der Waals surface area contributed by atoms with Crippen molar-refractivity contribution in [2.24, 2.45) is 0 Å².